The van der Waals surface area contributed by atoms with E-state index in [0.717, 1.165) is 0 Å². The van der Waals surface area contributed by atoms with Gasteiger partial charge in [0.15, 0.2) is 12.0 Å². The number of rotatable bonds is 4. The van der Waals surface area contributed by atoms with E-state index in [1.807, 2.05) is 0 Å². The molecule has 1 heterocycles. The predicted octanol–water partition coefficient (Wildman–Crippen LogP) is 2.87. The first-order valence-electron chi connectivity index (χ1n) is 6.98. The Kier molecular flexibility index (Phi) is 4.50. The van der Waals surface area contributed by atoms with Crippen LogP contribution in [0.3, 0.4) is 0 Å². The zero-order valence-corrected chi connectivity index (χ0v) is 11.6. The molecule has 19 heavy (non-hydrogen) atoms. The molecule has 3 N–H and O–H groups in total. The maximum Gasteiger partial charge on any atom is 0.228 e. The Morgan fingerprint density at radius 1 is 1.16 bits per heavy atom. The normalized spacial score (nSPS) is 19.9. The van der Waals surface area contributed by atoms with Gasteiger partial charge in [-0.1, -0.05) is 19.3 Å². The molecule has 1 aromatic heterocycles. The number of nitrogens with two attached hydrogens (primary N) is 1. The van der Waals surface area contributed by atoms with Crippen LogP contribution in [0, 0.1) is 5.92 Å². The molecule has 0 unspecified atom stereocenters. The molecule has 0 aromatic carbocycles. The standard InChI is InChI=1S/C13H22FN5/c1-8(14)11-17-12(15)19-13(18-11)16-9(2)10-6-4-3-5-7-10/h8-10H,3-7H2,1-2H3,(H3,15,16,17,18,19)/t8-,9-/m1/s1. The molecule has 0 saturated heterocycles. The highest BCUT2D eigenvalue weighted by Gasteiger charge is 2.21. The third-order valence-electron chi connectivity index (χ3n) is 3.74. The van der Waals surface area contributed by atoms with Gasteiger partial charge in [0.1, 0.15) is 0 Å². The predicted molar refractivity (Wildman–Crippen MR) is 73.4 cm³/mol. The molecule has 1 aromatic rings. The number of nitrogens with zero attached hydrogens (tertiary/aromatic N) is 3. The van der Waals surface area contributed by atoms with E-state index in [9.17, 15) is 4.39 Å². The van der Waals surface area contributed by atoms with Gasteiger partial charge in [0.05, 0.1) is 0 Å². The van der Waals surface area contributed by atoms with Crippen molar-refractivity contribution in [3.63, 3.8) is 0 Å². The minimum absolute atomic E-state index is 0.0628. The minimum Gasteiger partial charge on any atom is -0.368 e. The van der Waals surface area contributed by atoms with Gasteiger partial charge in [-0.2, -0.15) is 15.0 Å². The zero-order valence-electron chi connectivity index (χ0n) is 11.6. The van der Waals surface area contributed by atoms with Crippen molar-refractivity contribution >= 4 is 11.9 Å². The summed E-state index contributed by atoms with van der Waals surface area (Å²) in [6, 6.07) is 0.268. The Bertz CT molecular complexity index is 417. The van der Waals surface area contributed by atoms with E-state index in [2.05, 4.69) is 27.2 Å². The number of halogens is 1. The molecule has 106 valence electrons. The van der Waals surface area contributed by atoms with E-state index in [1.54, 1.807) is 0 Å². The second-order valence-corrected chi connectivity index (χ2v) is 5.32. The summed E-state index contributed by atoms with van der Waals surface area (Å²) < 4.78 is 13.2. The van der Waals surface area contributed by atoms with Crippen LogP contribution in [-0.4, -0.2) is 21.0 Å². The van der Waals surface area contributed by atoms with E-state index in [4.69, 9.17) is 5.73 Å². The third kappa shape index (κ3) is 3.75. The van der Waals surface area contributed by atoms with Crippen LogP contribution in [0.4, 0.5) is 16.3 Å². The average Bonchev–Trinajstić information content (AvgIpc) is 2.39. The lowest BCUT2D eigenvalue weighted by atomic mass is 9.85. The maximum absolute atomic E-state index is 13.2. The lowest BCUT2D eigenvalue weighted by Crippen LogP contribution is -2.29. The second kappa shape index (κ2) is 6.12. The van der Waals surface area contributed by atoms with E-state index in [-0.39, 0.29) is 17.8 Å². The van der Waals surface area contributed by atoms with Gasteiger partial charge in [-0.15, -0.1) is 0 Å². The number of hydrogen-bond acceptors (Lipinski definition) is 5. The number of aromatic nitrogens is 3. The fraction of sp³-hybridized carbons (Fsp3) is 0.769. The minimum atomic E-state index is -1.24. The van der Waals surface area contributed by atoms with Crippen LogP contribution in [0.5, 0.6) is 0 Å². The topological polar surface area (TPSA) is 76.7 Å². The van der Waals surface area contributed by atoms with Gasteiger partial charge < -0.3 is 11.1 Å². The van der Waals surface area contributed by atoms with Gasteiger partial charge >= 0.3 is 0 Å². The van der Waals surface area contributed by atoms with Gasteiger partial charge in [0.2, 0.25) is 11.9 Å². The Morgan fingerprint density at radius 3 is 2.47 bits per heavy atom. The van der Waals surface area contributed by atoms with Gasteiger partial charge in [0.25, 0.3) is 0 Å². The number of alkyl halides is 1. The molecular weight excluding hydrogens is 245 g/mol. The molecule has 0 aliphatic heterocycles. The van der Waals surface area contributed by atoms with E-state index >= 15 is 0 Å². The van der Waals surface area contributed by atoms with Crippen molar-refractivity contribution in [1.29, 1.82) is 0 Å². The van der Waals surface area contributed by atoms with Gasteiger partial charge in [-0.3, -0.25) is 0 Å². The maximum atomic E-state index is 13.2. The summed E-state index contributed by atoms with van der Waals surface area (Å²) in [5, 5.41) is 3.24. The van der Waals surface area contributed by atoms with E-state index < -0.39 is 6.17 Å². The fourth-order valence-electron chi connectivity index (χ4n) is 2.61. The van der Waals surface area contributed by atoms with Crippen molar-refractivity contribution in [3.8, 4) is 0 Å². The van der Waals surface area contributed by atoms with Crippen LogP contribution in [0.2, 0.25) is 0 Å². The average molecular weight is 267 g/mol. The Hall–Kier alpha value is -1.46. The SMILES string of the molecule is C[C@@H](F)c1nc(N)nc(N[C@H](C)C2CCCCC2)n1. The molecule has 5 nitrogen and oxygen atoms in total. The first kappa shape index (κ1) is 14.0. The van der Waals surface area contributed by atoms with Crippen molar-refractivity contribution in [2.75, 3.05) is 11.1 Å². The van der Waals surface area contributed by atoms with E-state index in [0.29, 0.717) is 11.9 Å². The van der Waals surface area contributed by atoms with E-state index in [1.165, 1.54) is 39.0 Å². The lowest BCUT2D eigenvalue weighted by Gasteiger charge is -2.28. The van der Waals surface area contributed by atoms with Crippen molar-refractivity contribution < 1.29 is 4.39 Å². The summed E-state index contributed by atoms with van der Waals surface area (Å²) >= 11 is 0. The molecule has 0 radical (unpaired) electrons. The molecule has 1 aliphatic carbocycles. The first-order chi connectivity index (χ1) is 9.06. The Morgan fingerprint density at radius 2 is 1.84 bits per heavy atom. The van der Waals surface area contributed by atoms with Crippen LogP contribution >= 0.6 is 0 Å². The highest BCUT2D eigenvalue weighted by Crippen LogP contribution is 2.27. The van der Waals surface area contributed by atoms with Crippen molar-refractivity contribution in [1.82, 2.24) is 15.0 Å². The van der Waals surface area contributed by atoms with Gasteiger partial charge in [-0.05, 0) is 32.6 Å². The van der Waals surface area contributed by atoms with Crippen molar-refractivity contribution in [2.24, 2.45) is 5.92 Å². The molecule has 0 amide bonds. The highest BCUT2D eigenvalue weighted by molar-refractivity contribution is 5.32. The molecule has 0 spiro atoms. The Labute approximate surface area is 113 Å². The molecule has 2 rings (SSSR count). The third-order valence-corrected chi connectivity index (χ3v) is 3.74. The number of nitrogen functional groups attached to an aromatic ring is 1. The first-order valence-corrected chi connectivity index (χ1v) is 6.98. The summed E-state index contributed by atoms with van der Waals surface area (Å²) in [6.45, 7) is 3.51. The van der Waals surface area contributed by atoms with Crippen molar-refractivity contribution in [2.45, 2.75) is 58.2 Å². The number of nitrogens with one attached hydrogen (secondary N) is 1. The molecule has 1 saturated carbocycles. The monoisotopic (exact) mass is 267 g/mol. The summed E-state index contributed by atoms with van der Waals surface area (Å²) in [6.07, 6.45) is 5.09. The summed E-state index contributed by atoms with van der Waals surface area (Å²) in [5.74, 6) is 1.15. The lowest BCUT2D eigenvalue weighted by molar-refractivity contribution is 0.327. The zero-order chi connectivity index (χ0) is 13.8. The highest BCUT2D eigenvalue weighted by atomic mass is 19.1. The van der Waals surface area contributed by atoms with Crippen LogP contribution in [-0.2, 0) is 0 Å². The summed E-state index contributed by atoms with van der Waals surface area (Å²) in [7, 11) is 0. The molecular formula is C13H22FN5. The quantitative estimate of drug-likeness (QED) is 0.877. The van der Waals surface area contributed by atoms with Crippen LogP contribution in [0.15, 0.2) is 0 Å². The fourth-order valence-corrected chi connectivity index (χ4v) is 2.61. The smallest absolute Gasteiger partial charge is 0.228 e. The van der Waals surface area contributed by atoms with Crippen molar-refractivity contribution in [3.05, 3.63) is 5.82 Å². The number of hydrogen-bond donors (Lipinski definition) is 2. The van der Waals surface area contributed by atoms with Gasteiger partial charge in [-0.25, -0.2) is 4.39 Å². The van der Waals surface area contributed by atoms with Gasteiger partial charge in [0, 0.05) is 6.04 Å². The number of anilines is 2. The summed E-state index contributed by atoms with van der Waals surface area (Å²) in [5.41, 5.74) is 5.58. The van der Waals surface area contributed by atoms with Crippen LogP contribution in [0.1, 0.15) is 57.9 Å². The Balaban J connectivity index is 2.05. The molecule has 2 atom stereocenters. The molecule has 1 fully saturated rings. The van der Waals surface area contributed by atoms with Crippen LogP contribution < -0.4 is 11.1 Å². The van der Waals surface area contributed by atoms with Crippen LogP contribution in [0.25, 0.3) is 0 Å². The largest absolute Gasteiger partial charge is 0.368 e. The molecule has 6 heteroatoms. The summed E-state index contributed by atoms with van der Waals surface area (Å²) in [4.78, 5) is 11.9. The second-order valence-electron chi connectivity index (χ2n) is 5.32. The molecule has 0 bridgehead atoms. The molecule has 1 aliphatic rings.